The van der Waals surface area contributed by atoms with Crippen LogP contribution in [0.5, 0.6) is 0 Å². The largest absolute Gasteiger partial charge is 0.399 e. The van der Waals surface area contributed by atoms with Crippen LogP contribution in [0.3, 0.4) is 0 Å². The number of aryl methyl sites for hydroxylation is 1. The van der Waals surface area contributed by atoms with Gasteiger partial charge in [0.05, 0.1) is 5.75 Å². The smallest absolute Gasteiger partial charge is 0.155 e. The van der Waals surface area contributed by atoms with Crippen molar-refractivity contribution in [3.8, 4) is 0 Å². The van der Waals surface area contributed by atoms with E-state index in [1.807, 2.05) is 35.8 Å². The molecule has 4 nitrogen and oxygen atoms in total. The molecule has 0 aliphatic heterocycles. The molecule has 0 bridgehead atoms. The van der Waals surface area contributed by atoms with E-state index in [9.17, 15) is 8.42 Å². The third-order valence-electron chi connectivity index (χ3n) is 3.14. The third-order valence-corrected chi connectivity index (χ3v) is 4.75. The Hall–Kier alpha value is -1.49. The number of hydrogen-bond acceptors (Lipinski definition) is 3. The van der Waals surface area contributed by atoms with E-state index >= 15 is 0 Å². The highest BCUT2D eigenvalue weighted by Gasteiger charge is 2.14. The summed E-state index contributed by atoms with van der Waals surface area (Å²) in [6, 6.07) is 7.58. The molecule has 0 fully saturated rings. The Morgan fingerprint density at radius 1 is 1.22 bits per heavy atom. The standard InChI is InChI=1S/C13H18N2O2S/c1-3-15-12(9-18(16,17)4-2)8-10-7-11(14)5-6-13(10)15/h5-8H,3-4,9,14H2,1-2H3. The van der Waals surface area contributed by atoms with Gasteiger partial charge in [-0.25, -0.2) is 8.42 Å². The lowest BCUT2D eigenvalue weighted by Crippen LogP contribution is -2.10. The molecule has 0 amide bonds. The van der Waals surface area contributed by atoms with Crippen LogP contribution in [-0.4, -0.2) is 18.7 Å². The van der Waals surface area contributed by atoms with Crippen LogP contribution in [0.25, 0.3) is 10.9 Å². The molecule has 0 spiro atoms. The van der Waals surface area contributed by atoms with Crippen LogP contribution in [0.1, 0.15) is 19.5 Å². The van der Waals surface area contributed by atoms with Crippen LogP contribution in [0.15, 0.2) is 24.3 Å². The Labute approximate surface area is 107 Å². The summed E-state index contributed by atoms with van der Waals surface area (Å²) in [6.45, 7) is 4.44. The summed E-state index contributed by atoms with van der Waals surface area (Å²) in [5.41, 5.74) is 8.31. The third kappa shape index (κ3) is 2.36. The monoisotopic (exact) mass is 266 g/mol. The van der Waals surface area contributed by atoms with Crippen molar-refractivity contribution >= 4 is 26.4 Å². The van der Waals surface area contributed by atoms with Crippen molar-refractivity contribution < 1.29 is 8.42 Å². The second-order valence-corrected chi connectivity index (χ2v) is 6.73. The molecule has 18 heavy (non-hydrogen) atoms. The van der Waals surface area contributed by atoms with E-state index in [0.717, 1.165) is 23.1 Å². The van der Waals surface area contributed by atoms with Gasteiger partial charge in [0.1, 0.15) is 0 Å². The topological polar surface area (TPSA) is 65.1 Å². The molecule has 2 N–H and O–H groups in total. The van der Waals surface area contributed by atoms with Crippen LogP contribution in [0.4, 0.5) is 5.69 Å². The normalized spacial score (nSPS) is 12.1. The molecule has 1 aromatic heterocycles. The molecule has 5 heteroatoms. The van der Waals surface area contributed by atoms with Crippen LogP contribution in [-0.2, 0) is 22.1 Å². The average Bonchev–Trinajstić information content (AvgIpc) is 2.64. The van der Waals surface area contributed by atoms with E-state index in [0.29, 0.717) is 5.69 Å². The molecule has 0 unspecified atom stereocenters. The molecule has 2 aromatic rings. The number of sulfone groups is 1. The molecule has 1 aromatic carbocycles. The van der Waals surface area contributed by atoms with Gasteiger partial charge >= 0.3 is 0 Å². The van der Waals surface area contributed by atoms with E-state index in [1.54, 1.807) is 6.92 Å². The van der Waals surface area contributed by atoms with E-state index in [2.05, 4.69) is 0 Å². The Bertz CT molecular complexity index is 672. The molecular weight excluding hydrogens is 248 g/mol. The van der Waals surface area contributed by atoms with E-state index in [-0.39, 0.29) is 11.5 Å². The summed E-state index contributed by atoms with van der Waals surface area (Å²) in [5, 5.41) is 0.998. The highest BCUT2D eigenvalue weighted by atomic mass is 32.2. The van der Waals surface area contributed by atoms with Crippen molar-refractivity contribution in [2.45, 2.75) is 26.1 Å². The minimum absolute atomic E-state index is 0.0892. The Balaban J connectivity index is 2.57. The number of anilines is 1. The van der Waals surface area contributed by atoms with Gasteiger partial charge in [-0.3, -0.25) is 0 Å². The van der Waals surface area contributed by atoms with E-state index in [4.69, 9.17) is 5.73 Å². The molecular formula is C13H18N2O2S. The summed E-state index contributed by atoms with van der Waals surface area (Å²) in [4.78, 5) is 0. The van der Waals surface area contributed by atoms with Crippen LogP contribution < -0.4 is 5.73 Å². The number of nitrogen functional groups attached to an aromatic ring is 1. The van der Waals surface area contributed by atoms with Crippen molar-refractivity contribution in [2.75, 3.05) is 11.5 Å². The first-order chi connectivity index (χ1) is 8.46. The maximum Gasteiger partial charge on any atom is 0.155 e. The van der Waals surface area contributed by atoms with Gasteiger partial charge in [-0.1, -0.05) is 6.92 Å². The number of hydrogen-bond donors (Lipinski definition) is 1. The summed E-state index contributed by atoms with van der Waals surface area (Å²) in [5.74, 6) is 0.256. The summed E-state index contributed by atoms with van der Waals surface area (Å²) in [6.07, 6.45) is 0. The summed E-state index contributed by atoms with van der Waals surface area (Å²) in [7, 11) is -3.01. The average molecular weight is 266 g/mol. The first kappa shape index (κ1) is 13.0. The van der Waals surface area contributed by atoms with Crippen molar-refractivity contribution in [3.63, 3.8) is 0 Å². The fourth-order valence-corrected chi connectivity index (χ4v) is 3.06. The number of rotatable bonds is 4. The van der Waals surface area contributed by atoms with Crippen LogP contribution in [0.2, 0.25) is 0 Å². The zero-order valence-electron chi connectivity index (χ0n) is 10.7. The molecule has 0 radical (unpaired) electrons. The predicted octanol–water partition coefficient (Wildman–Crippen LogP) is 2.18. The number of aromatic nitrogens is 1. The lowest BCUT2D eigenvalue weighted by molar-refractivity contribution is 0.594. The predicted molar refractivity (Wildman–Crippen MR) is 75.2 cm³/mol. The lowest BCUT2D eigenvalue weighted by Gasteiger charge is -2.07. The van der Waals surface area contributed by atoms with Crippen LogP contribution >= 0.6 is 0 Å². The van der Waals surface area contributed by atoms with E-state index < -0.39 is 9.84 Å². The molecule has 0 aliphatic carbocycles. The molecule has 0 atom stereocenters. The van der Waals surface area contributed by atoms with Gasteiger partial charge in [-0.2, -0.15) is 0 Å². The molecule has 0 aliphatic rings. The fraction of sp³-hybridized carbons (Fsp3) is 0.385. The van der Waals surface area contributed by atoms with Gasteiger partial charge in [0.15, 0.2) is 9.84 Å². The van der Waals surface area contributed by atoms with Crippen molar-refractivity contribution in [1.82, 2.24) is 4.57 Å². The second kappa shape index (κ2) is 4.65. The summed E-state index contributed by atoms with van der Waals surface area (Å²) >= 11 is 0. The number of fused-ring (bicyclic) bond motifs is 1. The Kier molecular flexibility index (Phi) is 3.34. The summed E-state index contributed by atoms with van der Waals surface area (Å²) < 4.78 is 25.5. The van der Waals surface area contributed by atoms with Crippen LogP contribution in [0, 0.1) is 0 Å². The lowest BCUT2D eigenvalue weighted by atomic mass is 10.2. The Morgan fingerprint density at radius 3 is 2.56 bits per heavy atom. The first-order valence-electron chi connectivity index (χ1n) is 6.05. The number of nitrogens with two attached hydrogens (primary N) is 1. The maximum absolute atomic E-state index is 11.7. The maximum atomic E-state index is 11.7. The molecule has 0 saturated heterocycles. The highest BCUT2D eigenvalue weighted by Crippen LogP contribution is 2.23. The van der Waals surface area contributed by atoms with E-state index in [1.165, 1.54) is 0 Å². The minimum Gasteiger partial charge on any atom is -0.399 e. The van der Waals surface area contributed by atoms with Crippen molar-refractivity contribution in [1.29, 1.82) is 0 Å². The van der Waals surface area contributed by atoms with Crippen molar-refractivity contribution in [3.05, 3.63) is 30.0 Å². The number of nitrogens with zero attached hydrogens (tertiary/aromatic N) is 1. The number of benzene rings is 1. The van der Waals surface area contributed by atoms with Gasteiger partial charge in [-0.05, 0) is 31.2 Å². The molecule has 1 heterocycles. The van der Waals surface area contributed by atoms with Gasteiger partial charge in [0.2, 0.25) is 0 Å². The zero-order valence-corrected chi connectivity index (χ0v) is 11.5. The van der Waals surface area contributed by atoms with Crippen molar-refractivity contribution in [2.24, 2.45) is 0 Å². The first-order valence-corrected chi connectivity index (χ1v) is 7.87. The zero-order chi connectivity index (χ0) is 13.3. The second-order valence-electron chi connectivity index (χ2n) is 4.37. The minimum atomic E-state index is -3.01. The van der Waals surface area contributed by atoms with Gasteiger partial charge in [0.25, 0.3) is 0 Å². The molecule has 98 valence electrons. The molecule has 0 saturated carbocycles. The Morgan fingerprint density at radius 2 is 1.94 bits per heavy atom. The molecule has 2 rings (SSSR count). The van der Waals surface area contributed by atoms with Gasteiger partial charge in [0, 0.05) is 34.6 Å². The van der Waals surface area contributed by atoms with Gasteiger partial charge in [-0.15, -0.1) is 0 Å². The quantitative estimate of drug-likeness (QED) is 0.863. The fourth-order valence-electron chi connectivity index (χ4n) is 2.17. The SMILES string of the molecule is CCn1c(CS(=O)(=O)CC)cc2cc(N)ccc21. The highest BCUT2D eigenvalue weighted by molar-refractivity contribution is 7.90. The van der Waals surface area contributed by atoms with Gasteiger partial charge < -0.3 is 10.3 Å².